The van der Waals surface area contributed by atoms with E-state index in [2.05, 4.69) is 5.92 Å². The lowest BCUT2D eigenvalue weighted by atomic mass is 10.1. The molecule has 0 spiro atoms. The van der Waals surface area contributed by atoms with Crippen molar-refractivity contribution >= 4 is 5.91 Å². The van der Waals surface area contributed by atoms with Crippen LogP contribution in [0.4, 0.5) is 4.39 Å². The molecule has 0 bridgehead atoms. The third kappa shape index (κ3) is 5.40. The van der Waals surface area contributed by atoms with Crippen molar-refractivity contribution in [3.8, 4) is 29.6 Å². The molecule has 6 heteroatoms. The molecule has 0 saturated heterocycles. The summed E-state index contributed by atoms with van der Waals surface area (Å²) in [4.78, 5) is 14.3. The normalized spacial score (nSPS) is 10.1. The largest absolute Gasteiger partial charge is 0.493 e. The zero-order valence-electron chi connectivity index (χ0n) is 16.3. The van der Waals surface area contributed by atoms with Crippen molar-refractivity contribution in [1.82, 2.24) is 4.90 Å². The number of nitrogens with zero attached hydrogens (tertiary/aromatic N) is 1. The first-order chi connectivity index (χ1) is 13.5. The number of carbonyl (C=O) groups excluding carboxylic acids is 1. The molecular weight excluding hydrogens is 361 g/mol. The number of hydrogen-bond acceptors (Lipinski definition) is 4. The maximum absolute atomic E-state index is 13.1. The van der Waals surface area contributed by atoms with Crippen molar-refractivity contribution in [2.75, 3.05) is 27.9 Å². The van der Waals surface area contributed by atoms with Gasteiger partial charge in [-0.05, 0) is 41.8 Å². The van der Waals surface area contributed by atoms with Crippen LogP contribution < -0.4 is 14.2 Å². The van der Waals surface area contributed by atoms with E-state index in [9.17, 15) is 9.18 Å². The highest BCUT2D eigenvalue weighted by atomic mass is 19.1. The number of ether oxygens (including phenoxy) is 3. The summed E-state index contributed by atoms with van der Waals surface area (Å²) in [6, 6.07) is 9.66. The van der Waals surface area contributed by atoms with Crippen molar-refractivity contribution in [2.45, 2.75) is 19.4 Å². The fourth-order valence-electron chi connectivity index (χ4n) is 2.84. The van der Waals surface area contributed by atoms with Gasteiger partial charge in [0.15, 0.2) is 11.5 Å². The van der Waals surface area contributed by atoms with Gasteiger partial charge in [-0.15, -0.1) is 6.42 Å². The van der Waals surface area contributed by atoms with E-state index < -0.39 is 0 Å². The number of benzene rings is 2. The van der Waals surface area contributed by atoms with Crippen LogP contribution in [0.15, 0.2) is 36.4 Å². The van der Waals surface area contributed by atoms with E-state index in [1.165, 1.54) is 19.2 Å². The summed E-state index contributed by atoms with van der Waals surface area (Å²) in [5, 5.41) is 0. The second-order valence-electron chi connectivity index (χ2n) is 6.11. The van der Waals surface area contributed by atoms with Gasteiger partial charge in [0.2, 0.25) is 11.7 Å². The highest BCUT2D eigenvalue weighted by Crippen LogP contribution is 2.38. The molecule has 0 saturated carbocycles. The number of halogens is 1. The minimum Gasteiger partial charge on any atom is -0.493 e. The molecule has 0 heterocycles. The first kappa shape index (κ1) is 21.1. The van der Waals surface area contributed by atoms with Crippen LogP contribution in [0.25, 0.3) is 0 Å². The van der Waals surface area contributed by atoms with E-state index in [0.29, 0.717) is 30.2 Å². The van der Waals surface area contributed by atoms with Crippen LogP contribution >= 0.6 is 0 Å². The molecule has 0 aromatic heterocycles. The second-order valence-corrected chi connectivity index (χ2v) is 6.11. The van der Waals surface area contributed by atoms with Crippen LogP contribution in [0.5, 0.6) is 17.2 Å². The Bertz CT molecular complexity index is 818. The van der Waals surface area contributed by atoms with E-state index in [0.717, 1.165) is 11.1 Å². The molecule has 28 heavy (non-hydrogen) atoms. The Kier molecular flexibility index (Phi) is 7.70. The van der Waals surface area contributed by atoms with E-state index in [4.69, 9.17) is 20.6 Å². The van der Waals surface area contributed by atoms with Gasteiger partial charge in [0, 0.05) is 13.0 Å². The summed E-state index contributed by atoms with van der Waals surface area (Å²) in [5.74, 6) is 3.68. The predicted octanol–water partition coefficient (Wildman–Crippen LogP) is 3.45. The van der Waals surface area contributed by atoms with E-state index in [1.54, 1.807) is 31.3 Å². The van der Waals surface area contributed by atoms with E-state index >= 15 is 0 Å². The molecule has 2 rings (SSSR count). The molecule has 0 aliphatic heterocycles. The Morgan fingerprint density at radius 1 is 1.04 bits per heavy atom. The minimum atomic E-state index is -0.319. The van der Waals surface area contributed by atoms with Crippen LogP contribution in [0.2, 0.25) is 0 Å². The third-order valence-electron chi connectivity index (χ3n) is 4.27. The Hall–Kier alpha value is -3.20. The average molecular weight is 385 g/mol. The zero-order chi connectivity index (χ0) is 20.5. The van der Waals surface area contributed by atoms with E-state index in [-0.39, 0.29) is 24.7 Å². The molecule has 0 N–H and O–H groups in total. The fraction of sp³-hybridized carbons (Fsp3) is 0.318. The van der Waals surface area contributed by atoms with Crippen LogP contribution in [0.3, 0.4) is 0 Å². The van der Waals surface area contributed by atoms with Gasteiger partial charge in [-0.1, -0.05) is 18.1 Å². The quantitative estimate of drug-likeness (QED) is 0.621. The third-order valence-corrected chi connectivity index (χ3v) is 4.27. The Labute approximate surface area is 165 Å². The van der Waals surface area contributed by atoms with Gasteiger partial charge in [-0.25, -0.2) is 4.39 Å². The number of rotatable bonds is 9. The van der Waals surface area contributed by atoms with Crippen molar-refractivity contribution in [3.63, 3.8) is 0 Å². The lowest BCUT2D eigenvalue weighted by molar-refractivity contribution is -0.131. The second kappa shape index (κ2) is 10.2. The molecule has 0 fully saturated rings. The summed E-state index contributed by atoms with van der Waals surface area (Å²) in [6.07, 6.45) is 6.16. The lowest BCUT2D eigenvalue weighted by Crippen LogP contribution is -2.31. The Balaban J connectivity index is 2.09. The van der Waals surface area contributed by atoms with Crippen molar-refractivity contribution in [3.05, 3.63) is 53.3 Å². The molecule has 0 unspecified atom stereocenters. The summed E-state index contributed by atoms with van der Waals surface area (Å²) in [5.41, 5.74) is 1.70. The van der Waals surface area contributed by atoms with Gasteiger partial charge in [0.1, 0.15) is 5.82 Å². The van der Waals surface area contributed by atoms with Gasteiger partial charge in [-0.3, -0.25) is 4.79 Å². The highest BCUT2D eigenvalue weighted by molar-refractivity contribution is 5.77. The maximum Gasteiger partial charge on any atom is 0.223 e. The average Bonchev–Trinajstić information content (AvgIpc) is 2.72. The lowest BCUT2D eigenvalue weighted by Gasteiger charge is -2.21. The van der Waals surface area contributed by atoms with Gasteiger partial charge < -0.3 is 19.1 Å². The van der Waals surface area contributed by atoms with Gasteiger partial charge in [0.25, 0.3) is 0 Å². The topological polar surface area (TPSA) is 48.0 Å². The minimum absolute atomic E-state index is 0.0870. The van der Waals surface area contributed by atoms with Crippen LogP contribution in [0, 0.1) is 18.2 Å². The van der Waals surface area contributed by atoms with Crippen LogP contribution in [-0.4, -0.2) is 38.7 Å². The molecule has 0 aliphatic carbocycles. The smallest absolute Gasteiger partial charge is 0.223 e. The van der Waals surface area contributed by atoms with Crippen molar-refractivity contribution in [2.24, 2.45) is 0 Å². The van der Waals surface area contributed by atoms with Crippen LogP contribution in [-0.2, 0) is 17.8 Å². The maximum atomic E-state index is 13.1. The molecule has 0 atom stereocenters. The number of methoxy groups -OCH3 is 3. The first-order valence-electron chi connectivity index (χ1n) is 8.77. The number of amides is 1. The molecule has 0 radical (unpaired) electrons. The first-order valence-corrected chi connectivity index (χ1v) is 8.77. The zero-order valence-corrected chi connectivity index (χ0v) is 16.3. The standard InChI is InChI=1S/C22H24FNO4/c1-5-12-24(15-16-6-9-18(23)10-7-16)21(25)11-8-17-13-19(26-2)22(28-4)20(14-17)27-3/h1,6-7,9-10,13-14H,8,11-12,15H2,2-4H3. The fourth-order valence-corrected chi connectivity index (χ4v) is 2.84. The predicted molar refractivity (Wildman–Crippen MR) is 105 cm³/mol. The SMILES string of the molecule is C#CCN(Cc1ccc(F)cc1)C(=O)CCc1cc(OC)c(OC)c(OC)c1. The van der Waals surface area contributed by atoms with Gasteiger partial charge in [-0.2, -0.15) is 0 Å². The number of aryl methyl sites for hydroxylation is 1. The van der Waals surface area contributed by atoms with Crippen molar-refractivity contribution in [1.29, 1.82) is 0 Å². The van der Waals surface area contributed by atoms with E-state index in [1.807, 2.05) is 12.1 Å². The molecule has 2 aromatic rings. The number of hydrogen-bond donors (Lipinski definition) is 0. The Morgan fingerprint density at radius 3 is 2.14 bits per heavy atom. The highest BCUT2D eigenvalue weighted by Gasteiger charge is 2.16. The Morgan fingerprint density at radius 2 is 1.64 bits per heavy atom. The summed E-state index contributed by atoms with van der Waals surface area (Å²) in [6.45, 7) is 0.518. The monoisotopic (exact) mass is 385 g/mol. The number of carbonyl (C=O) groups is 1. The molecular formula is C22H24FNO4. The molecule has 5 nitrogen and oxygen atoms in total. The van der Waals surface area contributed by atoms with Crippen LogP contribution in [0.1, 0.15) is 17.5 Å². The van der Waals surface area contributed by atoms with Gasteiger partial charge in [0.05, 0.1) is 27.9 Å². The van der Waals surface area contributed by atoms with Gasteiger partial charge >= 0.3 is 0 Å². The summed E-state index contributed by atoms with van der Waals surface area (Å²) < 4.78 is 29.1. The van der Waals surface area contributed by atoms with Crippen molar-refractivity contribution < 1.29 is 23.4 Å². The summed E-state index contributed by atoms with van der Waals surface area (Å²) >= 11 is 0. The summed E-state index contributed by atoms with van der Waals surface area (Å²) in [7, 11) is 4.63. The number of terminal acetylenes is 1. The molecule has 148 valence electrons. The molecule has 1 amide bonds. The molecule has 2 aromatic carbocycles. The molecule has 0 aliphatic rings.